The Balaban J connectivity index is 1.93. The highest BCUT2D eigenvalue weighted by Gasteiger charge is 2.27. The first-order valence-electron chi connectivity index (χ1n) is 7.87. The van der Waals surface area contributed by atoms with Crippen LogP contribution in [0.1, 0.15) is 18.5 Å². The van der Waals surface area contributed by atoms with Gasteiger partial charge in [0.1, 0.15) is 10.7 Å². The molecule has 0 saturated carbocycles. The van der Waals surface area contributed by atoms with E-state index in [1.54, 1.807) is 7.11 Å². The highest BCUT2D eigenvalue weighted by atomic mass is 32.1. The number of hydrogen-bond donors (Lipinski definition) is 3. The van der Waals surface area contributed by atoms with E-state index < -0.39 is 0 Å². The lowest BCUT2D eigenvalue weighted by atomic mass is 9.95. The van der Waals surface area contributed by atoms with E-state index in [-0.39, 0.29) is 6.04 Å². The maximum Gasteiger partial charge on any atom is 0.171 e. The van der Waals surface area contributed by atoms with Gasteiger partial charge in [-0.25, -0.2) is 0 Å². The highest BCUT2D eigenvalue weighted by molar-refractivity contribution is 7.81. The summed E-state index contributed by atoms with van der Waals surface area (Å²) in [5, 5.41) is 10.4. The predicted octanol–water partition coefficient (Wildman–Crippen LogP) is 3.93. The number of para-hydroxylation sites is 1. The van der Waals surface area contributed by atoms with E-state index in [1.165, 1.54) is 0 Å². The molecule has 0 saturated heterocycles. The van der Waals surface area contributed by atoms with Crippen LogP contribution in [0, 0.1) is 0 Å². The summed E-state index contributed by atoms with van der Waals surface area (Å²) in [5.74, 6) is 0.812. The fourth-order valence-electron chi connectivity index (χ4n) is 2.76. The van der Waals surface area contributed by atoms with Gasteiger partial charge in [-0.1, -0.05) is 42.5 Å². The number of methoxy groups -OCH3 is 1. The van der Waals surface area contributed by atoms with E-state index in [2.05, 4.69) is 16.0 Å². The van der Waals surface area contributed by atoms with Crippen LogP contribution in [0.25, 0.3) is 0 Å². The van der Waals surface area contributed by atoms with Gasteiger partial charge in [0.05, 0.1) is 13.2 Å². The topological polar surface area (TPSA) is 45.3 Å². The van der Waals surface area contributed by atoms with E-state index in [9.17, 15) is 0 Å². The maximum absolute atomic E-state index is 5.68. The van der Waals surface area contributed by atoms with Crippen molar-refractivity contribution < 1.29 is 4.74 Å². The lowest BCUT2D eigenvalue weighted by molar-refractivity contribution is 0.414. The van der Waals surface area contributed by atoms with Gasteiger partial charge in [-0.3, -0.25) is 0 Å². The fourth-order valence-corrected chi connectivity index (χ4v) is 3.42. The molecule has 6 heteroatoms. The first-order chi connectivity index (χ1) is 12.1. The molecular weight excluding hydrogens is 350 g/mol. The van der Waals surface area contributed by atoms with Crippen LogP contribution in [-0.2, 0) is 0 Å². The Morgan fingerprint density at radius 1 is 1.08 bits per heavy atom. The molecule has 1 atom stereocenters. The van der Waals surface area contributed by atoms with Gasteiger partial charge in [0.15, 0.2) is 5.11 Å². The summed E-state index contributed by atoms with van der Waals surface area (Å²) in [4.78, 5) is 0.659. The summed E-state index contributed by atoms with van der Waals surface area (Å²) in [6.07, 6.45) is 0. The van der Waals surface area contributed by atoms with Gasteiger partial charge in [-0.2, -0.15) is 0 Å². The zero-order valence-corrected chi connectivity index (χ0v) is 15.6. The molecule has 0 fully saturated rings. The van der Waals surface area contributed by atoms with Gasteiger partial charge in [-0.05, 0) is 49.0 Å². The van der Waals surface area contributed by atoms with Crippen molar-refractivity contribution in [3.8, 4) is 5.75 Å². The van der Waals surface area contributed by atoms with Crippen LogP contribution in [0.15, 0.2) is 65.9 Å². The molecule has 0 spiro atoms. The van der Waals surface area contributed by atoms with E-state index in [0.29, 0.717) is 10.1 Å². The third-order valence-corrected chi connectivity index (χ3v) is 4.54. The van der Waals surface area contributed by atoms with Crippen molar-refractivity contribution in [2.45, 2.75) is 13.0 Å². The normalized spacial score (nSPS) is 16.7. The third-order valence-electron chi connectivity index (χ3n) is 3.99. The zero-order valence-electron chi connectivity index (χ0n) is 14.0. The Hall–Kier alpha value is -2.44. The number of rotatable bonds is 4. The van der Waals surface area contributed by atoms with Crippen LogP contribution in [0.4, 0.5) is 5.69 Å². The molecule has 2 aromatic carbocycles. The van der Waals surface area contributed by atoms with Gasteiger partial charge in [0.2, 0.25) is 0 Å². The van der Waals surface area contributed by atoms with Crippen molar-refractivity contribution in [2.75, 3.05) is 12.4 Å². The molecule has 1 unspecified atom stereocenters. The molecule has 4 nitrogen and oxygen atoms in total. The van der Waals surface area contributed by atoms with Gasteiger partial charge in [0.25, 0.3) is 0 Å². The summed E-state index contributed by atoms with van der Waals surface area (Å²) in [6, 6.07) is 17.7. The number of thiocarbonyl (C=S) groups is 2. The smallest absolute Gasteiger partial charge is 0.171 e. The van der Waals surface area contributed by atoms with Crippen molar-refractivity contribution in [3.63, 3.8) is 0 Å². The highest BCUT2D eigenvalue weighted by Crippen LogP contribution is 2.29. The molecule has 3 rings (SSSR count). The van der Waals surface area contributed by atoms with Crippen molar-refractivity contribution in [2.24, 2.45) is 0 Å². The summed E-state index contributed by atoms with van der Waals surface area (Å²) >= 11 is 11.0. The zero-order chi connectivity index (χ0) is 17.8. The van der Waals surface area contributed by atoms with Crippen molar-refractivity contribution in [1.82, 2.24) is 10.6 Å². The third kappa shape index (κ3) is 3.97. The van der Waals surface area contributed by atoms with Gasteiger partial charge >= 0.3 is 0 Å². The molecular formula is C19H19N3OS2. The average Bonchev–Trinajstić information content (AvgIpc) is 2.62. The van der Waals surface area contributed by atoms with E-state index in [1.807, 2.05) is 61.5 Å². The fraction of sp³-hybridized carbons (Fsp3) is 0.158. The Kier molecular flexibility index (Phi) is 5.31. The Morgan fingerprint density at radius 2 is 1.76 bits per heavy atom. The van der Waals surface area contributed by atoms with Crippen LogP contribution in [0.2, 0.25) is 0 Å². The quantitative estimate of drug-likeness (QED) is 0.710. The second-order valence-electron chi connectivity index (χ2n) is 5.66. The molecule has 1 aliphatic heterocycles. The lowest BCUT2D eigenvalue weighted by Gasteiger charge is -2.31. The van der Waals surface area contributed by atoms with Crippen LogP contribution in [-0.4, -0.2) is 17.2 Å². The summed E-state index contributed by atoms with van der Waals surface area (Å²) in [7, 11) is 1.65. The Morgan fingerprint density at radius 3 is 2.40 bits per heavy atom. The van der Waals surface area contributed by atoms with Crippen LogP contribution >= 0.6 is 24.4 Å². The number of benzene rings is 2. The van der Waals surface area contributed by atoms with Crippen LogP contribution in [0.3, 0.4) is 0 Å². The molecule has 128 valence electrons. The summed E-state index contributed by atoms with van der Waals surface area (Å²) in [6.45, 7) is 1.98. The molecule has 0 radical (unpaired) electrons. The number of ether oxygens (including phenoxy) is 1. The molecule has 2 aromatic rings. The second-order valence-corrected chi connectivity index (χ2v) is 6.48. The first kappa shape index (κ1) is 17.4. The number of anilines is 1. The lowest BCUT2D eigenvalue weighted by Crippen LogP contribution is -2.45. The van der Waals surface area contributed by atoms with Gasteiger partial charge in [-0.15, -0.1) is 0 Å². The van der Waals surface area contributed by atoms with Crippen molar-refractivity contribution >= 4 is 40.2 Å². The Bertz CT molecular complexity index is 816. The van der Waals surface area contributed by atoms with Gasteiger partial charge < -0.3 is 20.7 Å². The predicted molar refractivity (Wildman–Crippen MR) is 110 cm³/mol. The standard InChI is InChI=1S/C19H19N3OS2/c1-12-16(18(24)21-14-6-4-3-5-7-14)17(22-19(25)20-12)13-8-10-15(23-2)11-9-13/h3-11,17H,1-2H3,(H,21,24)(H2,20,22,25). The van der Waals surface area contributed by atoms with E-state index in [4.69, 9.17) is 29.2 Å². The molecule has 0 aliphatic carbocycles. The van der Waals surface area contributed by atoms with Crippen molar-refractivity contribution in [1.29, 1.82) is 0 Å². The average molecular weight is 370 g/mol. The van der Waals surface area contributed by atoms with Crippen molar-refractivity contribution in [3.05, 3.63) is 71.4 Å². The molecule has 0 amide bonds. The van der Waals surface area contributed by atoms with E-state index >= 15 is 0 Å². The monoisotopic (exact) mass is 369 g/mol. The molecule has 25 heavy (non-hydrogen) atoms. The molecule has 0 aromatic heterocycles. The summed E-state index contributed by atoms with van der Waals surface area (Å²) in [5.41, 5.74) is 3.93. The van der Waals surface area contributed by atoms with Crippen LogP contribution < -0.4 is 20.7 Å². The van der Waals surface area contributed by atoms with Crippen LogP contribution in [0.5, 0.6) is 5.75 Å². The Labute approximate surface area is 158 Å². The minimum atomic E-state index is -0.122. The second kappa shape index (κ2) is 7.63. The molecule has 1 aliphatic rings. The number of hydrogen-bond acceptors (Lipinski definition) is 3. The largest absolute Gasteiger partial charge is 0.497 e. The minimum absolute atomic E-state index is 0.122. The number of allylic oxidation sites excluding steroid dienone is 1. The minimum Gasteiger partial charge on any atom is -0.497 e. The SMILES string of the molecule is COc1ccc(C2NC(=S)NC(C)=C2C(=S)Nc2ccccc2)cc1. The first-order valence-corrected chi connectivity index (χ1v) is 8.69. The molecule has 3 N–H and O–H groups in total. The van der Waals surface area contributed by atoms with E-state index in [0.717, 1.165) is 28.3 Å². The number of nitrogens with one attached hydrogen (secondary N) is 3. The molecule has 0 bridgehead atoms. The maximum atomic E-state index is 5.68. The summed E-state index contributed by atoms with van der Waals surface area (Å²) < 4.78 is 5.24. The molecule has 1 heterocycles. The van der Waals surface area contributed by atoms with Gasteiger partial charge in [0, 0.05) is 17.0 Å².